The summed E-state index contributed by atoms with van der Waals surface area (Å²) in [5.74, 6) is 1.38. The first-order valence-electron chi connectivity index (χ1n) is 10.4. The molecule has 1 saturated heterocycles. The normalized spacial score (nSPS) is 17.4. The Hall–Kier alpha value is -3.20. The van der Waals surface area contributed by atoms with Crippen molar-refractivity contribution in [3.63, 3.8) is 0 Å². The first-order chi connectivity index (χ1) is 14.7. The molecule has 5 rings (SSSR count). The smallest absolute Gasteiger partial charge is 0.368 e. The molecule has 3 aromatic rings. The predicted molar refractivity (Wildman–Crippen MR) is 115 cm³/mol. The van der Waals surface area contributed by atoms with Crippen molar-refractivity contribution < 1.29 is 4.92 Å². The number of benzene rings is 1. The SMILES string of the molecule is O=[N+]([O-])c1cnc2ccc(NCc3ccc(N4CCN(CC5CC5)CC4)cc3)nn12. The number of nitrogens with one attached hydrogen (secondary N) is 1. The van der Waals surface area contributed by atoms with Crippen LogP contribution in [0.2, 0.25) is 0 Å². The number of imidazole rings is 1. The van der Waals surface area contributed by atoms with Crippen LogP contribution in [0, 0.1) is 16.0 Å². The molecule has 2 aromatic heterocycles. The lowest BCUT2D eigenvalue weighted by Gasteiger charge is -2.36. The van der Waals surface area contributed by atoms with Crippen LogP contribution in [0.3, 0.4) is 0 Å². The Kier molecular flexibility index (Phi) is 4.96. The molecule has 0 unspecified atom stereocenters. The fourth-order valence-electron chi connectivity index (χ4n) is 3.95. The Labute approximate surface area is 174 Å². The van der Waals surface area contributed by atoms with Crippen molar-refractivity contribution >= 4 is 23.0 Å². The van der Waals surface area contributed by atoms with E-state index >= 15 is 0 Å². The van der Waals surface area contributed by atoms with Crippen LogP contribution in [0.5, 0.6) is 0 Å². The third kappa shape index (κ3) is 4.06. The number of nitrogens with zero attached hydrogens (tertiary/aromatic N) is 6. The molecule has 9 heteroatoms. The van der Waals surface area contributed by atoms with Gasteiger partial charge in [0.15, 0.2) is 5.82 Å². The quantitative estimate of drug-likeness (QED) is 0.476. The van der Waals surface area contributed by atoms with Gasteiger partial charge in [-0.15, -0.1) is 0 Å². The number of nitro groups is 1. The summed E-state index contributed by atoms with van der Waals surface area (Å²) in [6.45, 7) is 6.33. The second-order valence-electron chi connectivity index (χ2n) is 8.11. The molecule has 1 aromatic carbocycles. The molecule has 1 aliphatic carbocycles. The minimum atomic E-state index is -0.485. The van der Waals surface area contributed by atoms with Gasteiger partial charge in [0.2, 0.25) is 5.65 Å². The third-order valence-corrected chi connectivity index (χ3v) is 5.89. The molecule has 0 bridgehead atoms. The lowest BCUT2D eigenvalue weighted by molar-refractivity contribution is -0.391. The van der Waals surface area contributed by atoms with Crippen LogP contribution in [-0.2, 0) is 6.54 Å². The molecule has 1 aliphatic heterocycles. The second-order valence-corrected chi connectivity index (χ2v) is 8.11. The van der Waals surface area contributed by atoms with Gasteiger partial charge < -0.3 is 20.3 Å². The number of rotatable bonds is 7. The van der Waals surface area contributed by atoms with Gasteiger partial charge in [-0.05, 0) is 47.4 Å². The van der Waals surface area contributed by atoms with Crippen LogP contribution in [0.15, 0.2) is 42.6 Å². The predicted octanol–water partition coefficient (Wildman–Crippen LogP) is 2.78. The molecule has 0 spiro atoms. The zero-order valence-electron chi connectivity index (χ0n) is 16.8. The van der Waals surface area contributed by atoms with Gasteiger partial charge in [-0.2, -0.15) is 0 Å². The molecular weight excluding hydrogens is 382 g/mol. The van der Waals surface area contributed by atoms with E-state index in [-0.39, 0.29) is 5.82 Å². The maximum Gasteiger partial charge on any atom is 0.368 e. The lowest BCUT2D eigenvalue weighted by atomic mass is 10.1. The van der Waals surface area contributed by atoms with Crippen molar-refractivity contribution in [1.82, 2.24) is 19.5 Å². The summed E-state index contributed by atoms with van der Waals surface area (Å²) >= 11 is 0. The van der Waals surface area contributed by atoms with Gasteiger partial charge in [0.25, 0.3) is 0 Å². The van der Waals surface area contributed by atoms with Crippen LogP contribution >= 0.6 is 0 Å². The highest BCUT2D eigenvalue weighted by Crippen LogP contribution is 2.30. The van der Waals surface area contributed by atoms with Crippen molar-refractivity contribution in [3.05, 3.63) is 58.3 Å². The number of fused-ring (bicyclic) bond motifs is 1. The maximum atomic E-state index is 11.1. The third-order valence-electron chi connectivity index (χ3n) is 5.89. The summed E-state index contributed by atoms with van der Waals surface area (Å²) in [5, 5.41) is 18.6. The first-order valence-corrected chi connectivity index (χ1v) is 10.4. The van der Waals surface area contributed by atoms with E-state index in [1.54, 1.807) is 12.1 Å². The van der Waals surface area contributed by atoms with E-state index in [9.17, 15) is 10.1 Å². The molecule has 9 nitrogen and oxygen atoms in total. The molecule has 156 valence electrons. The molecule has 3 heterocycles. The van der Waals surface area contributed by atoms with Crippen LogP contribution in [-0.4, -0.2) is 57.1 Å². The van der Waals surface area contributed by atoms with Gasteiger partial charge in [0.1, 0.15) is 6.20 Å². The molecular formula is C21H25N7O2. The Balaban J connectivity index is 1.18. The van der Waals surface area contributed by atoms with Crippen LogP contribution < -0.4 is 10.2 Å². The monoisotopic (exact) mass is 407 g/mol. The summed E-state index contributed by atoms with van der Waals surface area (Å²) in [7, 11) is 0. The van der Waals surface area contributed by atoms with Gasteiger partial charge >= 0.3 is 5.82 Å². The zero-order valence-corrected chi connectivity index (χ0v) is 16.8. The average Bonchev–Trinajstić information content (AvgIpc) is 3.48. The van der Waals surface area contributed by atoms with E-state index in [4.69, 9.17) is 0 Å². The number of hydrogen-bond donors (Lipinski definition) is 1. The minimum Gasteiger partial charge on any atom is -0.369 e. The Bertz CT molecular complexity index is 1040. The minimum absolute atomic E-state index is 0.143. The fourth-order valence-corrected chi connectivity index (χ4v) is 3.95. The van der Waals surface area contributed by atoms with Crippen molar-refractivity contribution in [1.29, 1.82) is 0 Å². The van der Waals surface area contributed by atoms with Gasteiger partial charge in [-0.3, -0.25) is 4.90 Å². The van der Waals surface area contributed by atoms with Crippen molar-refractivity contribution in [2.24, 2.45) is 5.92 Å². The largest absolute Gasteiger partial charge is 0.369 e. The highest BCUT2D eigenvalue weighted by Gasteiger charge is 2.26. The van der Waals surface area contributed by atoms with E-state index in [0.717, 1.165) is 37.7 Å². The fraction of sp³-hybridized carbons (Fsp3) is 0.429. The van der Waals surface area contributed by atoms with Crippen molar-refractivity contribution in [2.75, 3.05) is 42.9 Å². The molecule has 2 aliphatic rings. The molecule has 0 radical (unpaired) electrons. The number of hydrogen-bond acceptors (Lipinski definition) is 7. The number of aromatic nitrogens is 3. The lowest BCUT2D eigenvalue weighted by Crippen LogP contribution is -2.47. The van der Waals surface area contributed by atoms with Gasteiger partial charge in [0, 0.05) is 51.0 Å². The first kappa shape index (κ1) is 18.8. The second kappa shape index (κ2) is 7.91. The van der Waals surface area contributed by atoms with Gasteiger partial charge in [-0.1, -0.05) is 21.7 Å². The highest BCUT2D eigenvalue weighted by atomic mass is 16.6. The summed E-state index contributed by atoms with van der Waals surface area (Å²) < 4.78 is 1.24. The number of piperazine rings is 1. The molecule has 0 atom stereocenters. The summed E-state index contributed by atoms with van der Waals surface area (Å²) in [5.41, 5.74) is 2.85. The van der Waals surface area contributed by atoms with Crippen LogP contribution in [0.25, 0.3) is 5.65 Å². The van der Waals surface area contributed by atoms with E-state index in [0.29, 0.717) is 18.0 Å². The van der Waals surface area contributed by atoms with Crippen molar-refractivity contribution in [2.45, 2.75) is 19.4 Å². The van der Waals surface area contributed by atoms with Crippen LogP contribution in [0.4, 0.5) is 17.3 Å². The molecule has 1 saturated carbocycles. The van der Waals surface area contributed by atoms with E-state index in [2.05, 4.69) is 49.5 Å². The van der Waals surface area contributed by atoms with E-state index < -0.39 is 4.92 Å². The summed E-state index contributed by atoms with van der Waals surface area (Å²) in [6, 6.07) is 12.1. The average molecular weight is 407 g/mol. The number of anilines is 2. The van der Waals surface area contributed by atoms with Gasteiger partial charge in [-0.25, -0.2) is 4.98 Å². The maximum absolute atomic E-state index is 11.1. The van der Waals surface area contributed by atoms with E-state index in [1.165, 1.54) is 35.8 Å². The van der Waals surface area contributed by atoms with E-state index in [1.807, 2.05) is 0 Å². The molecule has 0 amide bonds. The van der Waals surface area contributed by atoms with Crippen LogP contribution in [0.1, 0.15) is 18.4 Å². The summed E-state index contributed by atoms with van der Waals surface area (Å²) in [4.78, 5) is 19.6. The Morgan fingerprint density at radius 3 is 2.53 bits per heavy atom. The molecule has 30 heavy (non-hydrogen) atoms. The van der Waals surface area contributed by atoms with Gasteiger partial charge in [0.05, 0.1) is 0 Å². The molecule has 1 N–H and O–H groups in total. The zero-order chi connectivity index (χ0) is 20.5. The van der Waals surface area contributed by atoms with Crippen molar-refractivity contribution in [3.8, 4) is 0 Å². The summed E-state index contributed by atoms with van der Waals surface area (Å²) in [6.07, 6.45) is 4.05. The Morgan fingerprint density at radius 2 is 1.83 bits per heavy atom. The highest BCUT2D eigenvalue weighted by molar-refractivity contribution is 5.50. The standard InChI is InChI=1S/C21H25N7O2/c29-28(30)21-14-23-20-8-7-19(24-27(20)21)22-13-16-3-5-18(6-4-16)26-11-9-25(10-12-26)15-17-1-2-17/h3-8,14,17H,1-2,9-13,15H2,(H,22,24). The topological polar surface area (TPSA) is 91.8 Å². The molecule has 2 fully saturated rings. The Morgan fingerprint density at radius 1 is 1.07 bits per heavy atom.